The Bertz CT molecular complexity index is 99.4. The van der Waals surface area contributed by atoms with Gasteiger partial charge in [-0.05, 0) is 6.92 Å². The molecule has 2 nitrogen and oxygen atoms in total. The van der Waals surface area contributed by atoms with E-state index in [2.05, 4.69) is 13.2 Å². The summed E-state index contributed by atoms with van der Waals surface area (Å²) in [5.41, 5.74) is 0. The van der Waals surface area contributed by atoms with E-state index in [4.69, 9.17) is 9.47 Å². The van der Waals surface area contributed by atoms with Crippen LogP contribution in [0.2, 0.25) is 0 Å². The Balaban J connectivity index is 3.38. The van der Waals surface area contributed by atoms with Gasteiger partial charge in [0.05, 0.1) is 6.26 Å². The van der Waals surface area contributed by atoms with Crippen LogP contribution < -0.4 is 0 Å². The van der Waals surface area contributed by atoms with Gasteiger partial charge in [-0.1, -0.05) is 12.7 Å². The van der Waals surface area contributed by atoms with Crippen LogP contribution in [0.3, 0.4) is 0 Å². The largest absolute Gasteiger partial charge is 0.499 e. The predicted octanol–water partition coefficient (Wildman–Crippen LogP) is 1.74. The first-order valence-corrected chi connectivity index (χ1v) is 3.31. The third kappa shape index (κ3) is 4.15. The van der Waals surface area contributed by atoms with Crippen molar-refractivity contribution in [3.05, 3.63) is 25.5 Å². The molecule has 0 aliphatic heterocycles. The molecule has 0 amide bonds. The molecule has 0 rings (SSSR count). The van der Waals surface area contributed by atoms with E-state index in [-0.39, 0.29) is 6.10 Å². The van der Waals surface area contributed by atoms with E-state index in [0.717, 1.165) is 0 Å². The molecule has 1 unspecified atom stereocenters. The quantitative estimate of drug-likeness (QED) is 0.415. The van der Waals surface area contributed by atoms with Gasteiger partial charge in [0.15, 0.2) is 0 Å². The number of ether oxygens (including phenoxy) is 2. The highest BCUT2D eigenvalue weighted by molar-refractivity contribution is 4.79. The van der Waals surface area contributed by atoms with E-state index < -0.39 is 0 Å². The van der Waals surface area contributed by atoms with E-state index >= 15 is 0 Å². The van der Waals surface area contributed by atoms with Crippen LogP contribution in [0.25, 0.3) is 0 Å². The topological polar surface area (TPSA) is 18.5 Å². The van der Waals surface area contributed by atoms with Crippen LogP contribution in [0.5, 0.6) is 0 Å². The zero-order valence-electron chi connectivity index (χ0n) is 6.38. The van der Waals surface area contributed by atoms with Crippen LogP contribution in [-0.4, -0.2) is 19.3 Å². The number of rotatable bonds is 6. The van der Waals surface area contributed by atoms with Crippen molar-refractivity contribution in [3.8, 4) is 0 Å². The Morgan fingerprint density at radius 3 is 2.60 bits per heavy atom. The van der Waals surface area contributed by atoms with Crippen molar-refractivity contribution in [3.63, 3.8) is 0 Å². The molecule has 0 fully saturated rings. The second-order valence-electron chi connectivity index (χ2n) is 1.73. The van der Waals surface area contributed by atoms with Crippen LogP contribution in [0.15, 0.2) is 25.5 Å². The van der Waals surface area contributed by atoms with Crippen molar-refractivity contribution in [2.75, 3.05) is 13.2 Å². The lowest BCUT2D eigenvalue weighted by Crippen LogP contribution is -2.15. The van der Waals surface area contributed by atoms with Crippen LogP contribution in [0, 0.1) is 0 Å². The lowest BCUT2D eigenvalue weighted by atomic mass is 10.4. The summed E-state index contributed by atoms with van der Waals surface area (Å²) in [5, 5.41) is 0. The maximum absolute atomic E-state index is 5.20. The fourth-order valence-electron chi connectivity index (χ4n) is 0.561. The van der Waals surface area contributed by atoms with Crippen LogP contribution >= 0.6 is 0 Å². The van der Waals surface area contributed by atoms with E-state index in [1.54, 1.807) is 6.08 Å². The molecule has 2 heteroatoms. The Labute approximate surface area is 62.1 Å². The smallest absolute Gasteiger partial charge is 0.117 e. The summed E-state index contributed by atoms with van der Waals surface area (Å²) in [6.07, 6.45) is 3.10. The summed E-state index contributed by atoms with van der Waals surface area (Å²) >= 11 is 0. The zero-order chi connectivity index (χ0) is 7.82. The van der Waals surface area contributed by atoms with Crippen LogP contribution in [0.4, 0.5) is 0 Å². The highest BCUT2D eigenvalue weighted by atomic mass is 16.5. The minimum absolute atomic E-state index is 0.0111. The molecule has 0 N–H and O–H groups in total. The number of hydrogen-bond acceptors (Lipinski definition) is 2. The average molecular weight is 142 g/mol. The van der Waals surface area contributed by atoms with Gasteiger partial charge in [-0.15, -0.1) is 6.58 Å². The van der Waals surface area contributed by atoms with Crippen molar-refractivity contribution in [1.29, 1.82) is 0 Å². The summed E-state index contributed by atoms with van der Waals surface area (Å²) in [5.74, 6) is 0. The summed E-state index contributed by atoms with van der Waals surface area (Å²) in [6.45, 7) is 10.1. The summed E-state index contributed by atoms with van der Waals surface area (Å²) in [7, 11) is 0. The normalized spacial score (nSPS) is 12.1. The van der Waals surface area contributed by atoms with Gasteiger partial charge in [0.2, 0.25) is 0 Å². The van der Waals surface area contributed by atoms with E-state index in [9.17, 15) is 0 Å². The standard InChI is InChI=1S/C8H14O2/c1-4-8(10-6-3)7-9-5-2/h4-5,8H,1-2,6-7H2,3H3. The lowest BCUT2D eigenvalue weighted by Gasteiger charge is -2.10. The minimum atomic E-state index is -0.0111. The molecule has 0 radical (unpaired) electrons. The van der Waals surface area contributed by atoms with Crippen LogP contribution in [-0.2, 0) is 9.47 Å². The van der Waals surface area contributed by atoms with Gasteiger partial charge in [0.25, 0.3) is 0 Å². The summed E-state index contributed by atoms with van der Waals surface area (Å²) in [4.78, 5) is 0. The molecule has 0 aromatic rings. The molecule has 0 aromatic heterocycles. The third-order valence-electron chi connectivity index (χ3n) is 1.02. The Hall–Kier alpha value is -0.760. The van der Waals surface area contributed by atoms with Crippen molar-refractivity contribution in [1.82, 2.24) is 0 Å². The molecule has 1 atom stereocenters. The summed E-state index contributed by atoms with van der Waals surface area (Å²) in [6, 6.07) is 0. The van der Waals surface area contributed by atoms with Crippen molar-refractivity contribution >= 4 is 0 Å². The zero-order valence-corrected chi connectivity index (χ0v) is 6.38. The second kappa shape index (κ2) is 6.36. The summed E-state index contributed by atoms with van der Waals surface area (Å²) < 4.78 is 10.1. The fourth-order valence-corrected chi connectivity index (χ4v) is 0.561. The minimum Gasteiger partial charge on any atom is -0.499 e. The van der Waals surface area contributed by atoms with Gasteiger partial charge in [-0.3, -0.25) is 0 Å². The van der Waals surface area contributed by atoms with E-state index in [0.29, 0.717) is 13.2 Å². The van der Waals surface area contributed by atoms with Crippen molar-refractivity contribution < 1.29 is 9.47 Å². The maximum atomic E-state index is 5.20. The van der Waals surface area contributed by atoms with Gasteiger partial charge < -0.3 is 9.47 Å². The molecular formula is C8H14O2. The molecule has 10 heavy (non-hydrogen) atoms. The fraction of sp³-hybridized carbons (Fsp3) is 0.500. The molecule has 0 aliphatic carbocycles. The molecule has 0 saturated carbocycles. The molecule has 0 aliphatic rings. The van der Waals surface area contributed by atoms with E-state index in [1.807, 2.05) is 6.92 Å². The highest BCUT2D eigenvalue weighted by Gasteiger charge is 2.00. The van der Waals surface area contributed by atoms with Gasteiger partial charge in [-0.2, -0.15) is 0 Å². The van der Waals surface area contributed by atoms with Gasteiger partial charge in [0, 0.05) is 6.61 Å². The monoisotopic (exact) mass is 142 g/mol. The van der Waals surface area contributed by atoms with Crippen molar-refractivity contribution in [2.45, 2.75) is 13.0 Å². The van der Waals surface area contributed by atoms with Gasteiger partial charge in [-0.25, -0.2) is 0 Å². The molecule has 58 valence electrons. The SMILES string of the molecule is C=COCC(C=C)OCC. The third-order valence-corrected chi connectivity index (χ3v) is 1.02. The Morgan fingerprint density at radius 2 is 2.20 bits per heavy atom. The molecule has 0 aromatic carbocycles. The van der Waals surface area contributed by atoms with Gasteiger partial charge in [0.1, 0.15) is 12.7 Å². The molecular weight excluding hydrogens is 128 g/mol. The molecule has 0 bridgehead atoms. The predicted molar refractivity (Wildman–Crippen MR) is 41.8 cm³/mol. The van der Waals surface area contributed by atoms with Crippen LogP contribution in [0.1, 0.15) is 6.92 Å². The Kier molecular flexibility index (Phi) is 5.88. The molecule has 0 spiro atoms. The highest BCUT2D eigenvalue weighted by Crippen LogP contribution is 1.93. The second-order valence-corrected chi connectivity index (χ2v) is 1.73. The maximum Gasteiger partial charge on any atom is 0.117 e. The first-order chi connectivity index (χ1) is 4.85. The van der Waals surface area contributed by atoms with Gasteiger partial charge >= 0.3 is 0 Å². The first-order valence-electron chi connectivity index (χ1n) is 3.31. The van der Waals surface area contributed by atoms with Crippen molar-refractivity contribution in [2.24, 2.45) is 0 Å². The molecule has 0 heterocycles. The average Bonchev–Trinajstić information content (AvgIpc) is 1.98. The first kappa shape index (κ1) is 9.24. The van der Waals surface area contributed by atoms with E-state index in [1.165, 1.54) is 6.26 Å². The number of hydrogen-bond donors (Lipinski definition) is 0. The molecule has 0 saturated heterocycles. The Morgan fingerprint density at radius 1 is 1.50 bits per heavy atom. The lowest BCUT2D eigenvalue weighted by molar-refractivity contribution is 0.0450.